The van der Waals surface area contributed by atoms with Crippen LogP contribution in [0.15, 0.2) is 11.2 Å². The summed E-state index contributed by atoms with van der Waals surface area (Å²) in [4.78, 5) is 21.6. The molecule has 0 aromatic carbocycles. The van der Waals surface area contributed by atoms with Crippen molar-refractivity contribution in [3.63, 3.8) is 0 Å². The second kappa shape index (κ2) is 6.30. The Hall–Kier alpha value is -1.82. The number of halogens is 1. The molecule has 21 heavy (non-hydrogen) atoms. The summed E-state index contributed by atoms with van der Waals surface area (Å²) in [5, 5.41) is 3.97. The molecule has 2 N–H and O–H groups in total. The normalized spacial score (nSPS) is 17.6. The summed E-state index contributed by atoms with van der Waals surface area (Å²) in [5.74, 6) is -0.361. The molecule has 1 aromatic rings. The van der Waals surface area contributed by atoms with E-state index in [2.05, 4.69) is 10.1 Å². The predicted molar refractivity (Wildman–Crippen MR) is 80.3 cm³/mol. The number of anilines is 1. The van der Waals surface area contributed by atoms with Crippen molar-refractivity contribution in [3.05, 3.63) is 22.5 Å². The number of nitrogens with two attached hydrogens (primary N) is 1. The molecule has 6 nitrogen and oxygen atoms in total. The lowest BCUT2D eigenvalue weighted by Gasteiger charge is -2.13. The molecule has 7 heteroatoms. The van der Waals surface area contributed by atoms with E-state index in [1.165, 1.54) is 0 Å². The van der Waals surface area contributed by atoms with Crippen LogP contribution in [0.1, 0.15) is 49.5 Å². The van der Waals surface area contributed by atoms with Crippen LogP contribution in [0.2, 0.25) is 5.02 Å². The minimum Gasteiger partial charge on any atom is -0.461 e. The maximum absolute atomic E-state index is 12.1. The van der Waals surface area contributed by atoms with Crippen LogP contribution >= 0.6 is 11.6 Å². The van der Waals surface area contributed by atoms with E-state index in [1.807, 2.05) is 20.8 Å². The number of oxime groups is 1. The van der Waals surface area contributed by atoms with E-state index in [-0.39, 0.29) is 28.4 Å². The highest BCUT2D eigenvalue weighted by Crippen LogP contribution is 2.31. The monoisotopic (exact) mass is 311 g/mol. The first-order valence-corrected chi connectivity index (χ1v) is 7.08. The Labute approximate surface area is 128 Å². The zero-order chi connectivity index (χ0) is 15.6. The molecule has 1 aliphatic rings. The first kappa shape index (κ1) is 15.6. The van der Waals surface area contributed by atoms with E-state index in [9.17, 15) is 4.79 Å². The minimum absolute atomic E-state index is 0.0143. The second-order valence-corrected chi connectivity index (χ2v) is 5.79. The zero-order valence-corrected chi connectivity index (χ0v) is 13.0. The van der Waals surface area contributed by atoms with Crippen LogP contribution in [-0.4, -0.2) is 23.3 Å². The molecule has 2 rings (SSSR count). The average Bonchev–Trinajstić information content (AvgIpc) is 2.85. The lowest BCUT2D eigenvalue weighted by Crippen LogP contribution is -2.15. The van der Waals surface area contributed by atoms with Gasteiger partial charge in [0.1, 0.15) is 0 Å². The van der Waals surface area contributed by atoms with Crippen LogP contribution in [0.5, 0.6) is 0 Å². The van der Waals surface area contributed by atoms with Crippen molar-refractivity contribution in [1.29, 1.82) is 0 Å². The van der Waals surface area contributed by atoms with Crippen LogP contribution in [0.3, 0.4) is 0 Å². The second-order valence-electron chi connectivity index (χ2n) is 5.42. The highest BCUT2D eigenvalue weighted by atomic mass is 35.5. The molecular formula is C14H18ClN3O3. The third kappa shape index (κ3) is 3.64. The van der Waals surface area contributed by atoms with Gasteiger partial charge in [-0.05, 0) is 18.9 Å². The van der Waals surface area contributed by atoms with E-state index in [1.54, 1.807) is 6.07 Å². The van der Waals surface area contributed by atoms with Crippen molar-refractivity contribution in [2.24, 2.45) is 11.1 Å². The van der Waals surface area contributed by atoms with Crippen LogP contribution in [0, 0.1) is 5.92 Å². The number of pyridine rings is 1. The molecule has 1 aromatic heterocycles. The van der Waals surface area contributed by atoms with E-state index in [4.69, 9.17) is 26.9 Å². The number of nitrogen functional groups attached to an aromatic ring is 1. The van der Waals surface area contributed by atoms with Gasteiger partial charge >= 0.3 is 5.97 Å². The summed E-state index contributed by atoms with van der Waals surface area (Å²) in [5.41, 5.74) is 7.51. The van der Waals surface area contributed by atoms with Crippen LogP contribution < -0.4 is 5.73 Å². The molecule has 0 amide bonds. The van der Waals surface area contributed by atoms with E-state index in [0.29, 0.717) is 18.7 Å². The van der Waals surface area contributed by atoms with E-state index >= 15 is 0 Å². The van der Waals surface area contributed by atoms with Crippen molar-refractivity contribution in [2.45, 2.75) is 33.3 Å². The Morgan fingerprint density at radius 2 is 2.33 bits per heavy atom. The SMILES string of the molecule is CC1=NOC(c2cc(N)c(Cl)c(C(=O)OCC(C)C)n2)C1. The van der Waals surface area contributed by atoms with Gasteiger partial charge in [-0.25, -0.2) is 9.78 Å². The first-order valence-electron chi connectivity index (χ1n) is 6.70. The molecule has 114 valence electrons. The lowest BCUT2D eigenvalue weighted by atomic mass is 10.1. The zero-order valence-electron chi connectivity index (χ0n) is 12.2. The van der Waals surface area contributed by atoms with Crippen molar-refractivity contribution < 1.29 is 14.4 Å². The van der Waals surface area contributed by atoms with Gasteiger partial charge in [0.2, 0.25) is 0 Å². The molecule has 0 spiro atoms. The molecule has 0 aliphatic carbocycles. The van der Waals surface area contributed by atoms with E-state index in [0.717, 1.165) is 5.71 Å². The first-order chi connectivity index (χ1) is 9.88. The Morgan fingerprint density at radius 1 is 1.62 bits per heavy atom. The van der Waals surface area contributed by atoms with Crippen LogP contribution in [0.25, 0.3) is 0 Å². The average molecular weight is 312 g/mol. The molecule has 1 atom stereocenters. The fourth-order valence-electron chi connectivity index (χ4n) is 1.84. The molecule has 0 bridgehead atoms. The molecule has 0 saturated heterocycles. The number of ether oxygens (including phenoxy) is 1. The fraction of sp³-hybridized carbons (Fsp3) is 0.500. The fourth-order valence-corrected chi connectivity index (χ4v) is 2.01. The molecule has 1 unspecified atom stereocenters. The summed E-state index contributed by atoms with van der Waals surface area (Å²) >= 11 is 6.05. The number of aromatic nitrogens is 1. The van der Waals surface area contributed by atoms with Gasteiger partial charge in [0.05, 0.1) is 28.7 Å². The quantitative estimate of drug-likeness (QED) is 0.864. The molecule has 0 fully saturated rings. The summed E-state index contributed by atoms with van der Waals surface area (Å²) < 4.78 is 5.15. The van der Waals surface area contributed by atoms with E-state index < -0.39 is 5.97 Å². The summed E-state index contributed by atoms with van der Waals surface area (Å²) in [6, 6.07) is 1.60. The molecule has 0 saturated carbocycles. The van der Waals surface area contributed by atoms with Crippen molar-refractivity contribution in [1.82, 2.24) is 4.98 Å². The standard InChI is InChI=1S/C14H18ClN3O3/c1-7(2)6-20-14(19)13-12(15)9(16)5-10(17-13)11-4-8(3)18-21-11/h5,7,11H,4,6H2,1-3H3,(H2,16,17). The number of esters is 1. The molecular weight excluding hydrogens is 294 g/mol. The Bertz CT molecular complexity index is 587. The Morgan fingerprint density at radius 3 is 2.90 bits per heavy atom. The topological polar surface area (TPSA) is 86.8 Å². The van der Waals surface area contributed by atoms with Gasteiger partial charge in [0.15, 0.2) is 11.8 Å². The number of nitrogens with zero attached hydrogens (tertiary/aromatic N) is 2. The van der Waals surface area contributed by atoms with Gasteiger partial charge < -0.3 is 15.3 Å². The summed E-state index contributed by atoms with van der Waals surface area (Å²) in [6.07, 6.45) is 0.260. The van der Waals surface area contributed by atoms with Crippen molar-refractivity contribution >= 4 is 29.0 Å². The van der Waals surface area contributed by atoms with Gasteiger partial charge in [-0.1, -0.05) is 30.6 Å². The third-order valence-electron chi connectivity index (χ3n) is 2.89. The number of carbonyl (C=O) groups is 1. The number of carbonyl (C=O) groups excluding carboxylic acids is 1. The van der Waals surface area contributed by atoms with Crippen LogP contribution in [0.4, 0.5) is 5.69 Å². The maximum Gasteiger partial charge on any atom is 0.358 e. The van der Waals surface area contributed by atoms with Crippen LogP contribution in [-0.2, 0) is 9.57 Å². The number of rotatable bonds is 4. The van der Waals surface area contributed by atoms with Gasteiger partial charge in [-0.2, -0.15) is 0 Å². The van der Waals surface area contributed by atoms with Gasteiger partial charge in [-0.15, -0.1) is 0 Å². The summed E-state index contributed by atoms with van der Waals surface area (Å²) in [6.45, 7) is 6.04. The largest absolute Gasteiger partial charge is 0.461 e. The lowest BCUT2D eigenvalue weighted by molar-refractivity contribution is 0.0449. The predicted octanol–water partition coefficient (Wildman–Crippen LogP) is 2.97. The van der Waals surface area contributed by atoms with Gasteiger partial charge in [-0.3, -0.25) is 0 Å². The Balaban J connectivity index is 2.24. The van der Waals surface area contributed by atoms with Gasteiger partial charge in [0.25, 0.3) is 0 Å². The molecule has 1 aliphatic heterocycles. The highest BCUT2D eigenvalue weighted by molar-refractivity contribution is 6.35. The van der Waals surface area contributed by atoms with Crippen molar-refractivity contribution in [2.75, 3.05) is 12.3 Å². The number of hydrogen-bond acceptors (Lipinski definition) is 6. The van der Waals surface area contributed by atoms with Gasteiger partial charge in [0, 0.05) is 6.42 Å². The number of hydrogen-bond donors (Lipinski definition) is 1. The summed E-state index contributed by atoms with van der Waals surface area (Å²) in [7, 11) is 0. The Kier molecular flexibility index (Phi) is 4.67. The van der Waals surface area contributed by atoms with Crippen molar-refractivity contribution in [3.8, 4) is 0 Å². The third-order valence-corrected chi connectivity index (χ3v) is 3.29. The maximum atomic E-state index is 12.1. The molecule has 2 heterocycles. The molecule has 0 radical (unpaired) electrons. The highest BCUT2D eigenvalue weighted by Gasteiger charge is 2.26. The minimum atomic E-state index is -0.585. The smallest absolute Gasteiger partial charge is 0.358 e.